The fourth-order valence-corrected chi connectivity index (χ4v) is 0.889. The summed E-state index contributed by atoms with van der Waals surface area (Å²) >= 11 is 0. The summed E-state index contributed by atoms with van der Waals surface area (Å²) in [6.07, 6.45) is 0. The Morgan fingerprint density at radius 2 is 1.55 bits per heavy atom. The van der Waals surface area contributed by atoms with Gasteiger partial charge in [-0.2, -0.15) is 0 Å². The van der Waals surface area contributed by atoms with Crippen LogP contribution in [0.4, 0.5) is 0 Å². The Labute approximate surface area is 69.9 Å². The number of nitrogens with zero attached hydrogens (tertiary/aromatic N) is 2. The third kappa shape index (κ3) is 2.43. The van der Waals surface area contributed by atoms with Gasteiger partial charge in [-0.1, -0.05) is 0 Å². The Morgan fingerprint density at radius 1 is 1.18 bits per heavy atom. The summed E-state index contributed by atoms with van der Waals surface area (Å²) < 4.78 is 5.49. The molecule has 0 aliphatic heterocycles. The maximum absolute atomic E-state index is 5.49. The Balaban J connectivity index is 4.26. The maximum Gasteiger partial charge on any atom is 0.178 e. The zero-order valence-corrected chi connectivity index (χ0v) is 8.22. The van der Waals surface area contributed by atoms with Gasteiger partial charge in [-0.05, 0) is 35.1 Å². The van der Waals surface area contributed by atoms with E-state index < -0.39 is 5.85 Å². The predicted molar refractivity (Wildman–Crippen MR) is 47.1 cm³/mol. The lowest BCUT2D eigenvalue weighted by molar-refractivity contribution is -0.184. The molecule has 0 aromatic heterocycles. The van der Waals surface area contributed by atoms with E-state index in [0.29, 0.717) is 6.61 Å². The second kappa shape index (κ2) is 4.04. The van der Waals surface area contributed by atoms with E-state index in [4.69, 9.17) is 4.74 Å². The minimum absolute atomic E-state index is 0.533. The molecule has 0 atom stereocenters. The van der Waals surface area contributed by atoms with Crippen LogP contribution in [0.2, 0.25) is 0 Å². The van der Waals surface area contributed by atoms with Gasteiger partial charge in [0.1, 0.15) is 0 Å². The number of rotatable bonds is 4. The monoisotopic (exact) mass is 159 g/mol. The highest BCUT2D eigenvalue weighted by atomic mass is 16.5. The van der Waals surface area contributed by atoms with Crippen molar-refractivity contribution in [2.75, 3.05) is 34.8 Å². The first-order valence-electron chi connectivity index (χ1n) is 3.79. The first-order chi connectivity index (χ1) is 4.95. The second-order valence-electron chi connectivity index (χ2n) is 2.97. The van der Waals surface area contributed by atoms with Gasteiger partial charge in [-0.25, -0.2) is 0 Å². The quantitative estimate of drug-likeness (QED) is 0.560. The Kier molecular flexibility index (Phi) is 4.00. The van der Waals surface area contributed by atoms with Crippen molar-refractivity contribution in [2.45, 2.75) is 12.8 Å². The molecule has 0 N–H and O–H groups in total. The van der Waals surface area contributed by atoms with Crippen LogP contribution >= 0.6 is 0 Å². The molecule has 0 unspecified atom stereocenters. The zero-order chi connectivity index (χ0) is 9.07. The topological polar surface area (TPSA) is 15.7 Å². The summed E-state index contributed by atoms with van der Waals surface area (Å²) in [7, 11) is 7.79. The minimum Gasteiger partial charge on any atom is -0.347 e. The summed E-state index contributed by atoms with van der Waals surface area (Å²) in [5.41, 5.74) is 0. The van der Waals surface area contributed by atoms with Crippen molar-refractivity contribution in [3.8, 4) is 0 Å². The van der Waals surface area contributed by atoms with Crippen molar-refractivity contribution >= 4 is 0 Å². The highest BCUT2D eigenvalue weighted by molar-refractivity contribution is 4.76. The molecule has 0 saturated carbocycles. The van der Waals surface area contributed by atoms with E-state index in [0.717, 1.165) is 0 Å². The van der Waals surface area contributed by atoms with Gasteiger partial charge in [0.15, 0.2) is 5.85 Å². The predicted octanol–water partition coefficient (Wildman–Crippen LogP) is 0.634. The van der Waals surface area contributed by atoms with Crippen LogP contribution in [-0.2, 0) is 4.74 Å². The number of ether oxygens (including phenoxy) is 1. The maximum atomic E-state index is 5.49. The van der Waals surface area contributed by atoms with Crippen molar-refractivity contribution in [3.05, 3.63) is 6.92 Å². The van der Waals surface area contributed by atoms with Crippen molar-refractivity contribution in [1.29, 1.82) is 0 Å². The molecule has 0 aliphatic carbocycles. The Bertz CT molecular complexity index is 105. The lowest BCUT2D eigenvalue weighted by Gasteiger charge is -2.41. The van der Waals surface area contributed by atoms with Crippen molar-refractivity contribution in [3.63, 3.8) is 0 Å². The van der Waals surface area contributed by atoms with Crippen LogP contribution in [0.1, 0.15) is 6.92 Å². The van der Waals surface area contributed by atoms with Crippen LogP contribution in [0.5, 0.6) is 0 Å². The lowest BCUT2D eigenvalue weighted by atomic mass is 10.4. The number of hydrogen-bond acceptors (Lipinski definition) is 3. The summed E-state index contributed by atoms with van der Waals surface area (Å²) in [4.78, 5) is 3.88. The van der Waals surface area contributed by atoms with E-state index in [1.807, 2.05) is 44.9 Å². The first kappa shape index (κ1) is 10.9. The van der Waals surface area contributed by atoms with E-state index in [1.54, 1.807) is 0 Å². The third-order valence-corrected chi connectivity index (χ3v) is 1.77. The average molecular weight is 159 g/mol. The molecule has 0 bridgehead atoms. The molecule has 3 heteroatoms. The van der Waals surface area contributed by atoms with Crippen LogP contribution in [0, 0.1) is 6.92 Å². The molecule has 0 aliphatic rings. The summed E-state index contributed by atoms with van der Waals surface area (Å²) in [6, 6.07) is 0. The van der Waals surface area contributed by atoms with Gasteiger partial charge in [0, 0.05) is 13.5 Å². The molecule has 3 nitrogen and oxygen atoms in total. The molecule has 11 heavy (non-hydrogen) atoms. The zero-order valence-electron chi connectivity index (χ0n) is 8.22. The molecule has 0 aromatic rings. The average Bonchev–Trinajstić information content (AvgIpc) is 1.87. The smallest absolute Gasteiger partial charge is 0.178 e. The van der Waals surface area contributed by atoms with Gasteiger partial charge in [-0.15, -0.1) is 0 Å². The van der Waals surface area contributed by atoms with E-state index in [9.17, 15) is 0 Å². The van der Waals surface area contributed by atoms with Crippen molar-refractivity contribution in [1.82, 2.24) is 9.80 Å². The van der Waals surface area contributed by atoms with E-state index >= 15 is 0 Å². The van der Waals surface area contributed by atoms with Gasteiger partial charge in [0.25, 0.3) is 0 Å². The van der Waals surface area contributed by atoms with Gasteiger partial charge in [0.2, 0.25) is 0 Å². The van der Waals surface area contributed by atoms with Gasteiger partial charge in [-0.3, -0.25) is 9.80 Å². The molecule has 0 rings (SSSR count). The molecule has 1 radical (unpaired) electrons. The van der Waals surface area contributed by atoms with E-state index in [2.05, 4.69) is 6.92 Å². The van der Waals surface area contributed by atoms with Crippen LogP contribution in [0.25, 0.3) is 0 Å². The minimum atomic E-state index is -0.533. The normalized spacial score (nSPS) is 13.1. The molecule has 0 fully saturated rings. The number of hydrogen-bond donors (Lipinski definition) is 0. The van der Waals surface area contributed by atoms with Gasteiger partial charge in [0.05, 0.1) is 0 Å². The van der Waals surface area contributed by atoms with Crippen molar-refractivity contribution < 1.29 is 4.74 Å². The van der Waals surface area contributed by atoms with Gasteiger partial charge >= 0.3 is 0 Å². The van der Waals surface area contributed by atoms with E-state index in [-0.39, 0.29) is 0 Å². The van der Waals surface area contributed by atoms with Crippen LogP contribution in [0.3, 0.4) is 0 Å². The molecular formula is C8H19N2O. The highest BCUT2D eigenvalue weighted by Gasteiger charge is 2.29. The standard InChI is InChI=1S/C8H19N2O/c1-7-11-8(2,9(3)4)10(5)6/h2,7H2,1,3-6H3. The SMILES string of the molecule is [CH2]C(OCC)(N(C)C)N(C)C. The molecule has 0 amide bonds. The molecule has 67 valence electrons. The summed E-state index contributed by atoms with van der Waals surface area (Å²) in [5, 5.41) is 0. The first-order valence-corrected chi connectivity index (χ1v) is 3.79. The fraction of sp³-hybridized carbons (Fsp3) is 0.875. The molecule has 0 saturated heterocycles. The molecule has 0 aromatic carbocycles. The highest BCUT2D eigenvalue weighted by Crippen LogP contribution is 2.14. The van der Waals surface area contributed by atoms with Crippen LogP contribution < -0.4 is 0 Å². The van der Waals surface area contributed by atoms with Crippen LogP contribution in [0.15, 0.2) is 0 Å². The third-order valence-electron chi connectivity index (χ3n) is 1.77. The molecule has 0 heterocycles. The van der Waals surface area contributed by atoms with E-state index in [1.165, 1.54) is 0 Å². The summed E-state index contributed by atoms with van der Waals surface area (Å²) in [5.74, 6) is -0.533. The molecule has 0 spiro atoms. The second-order valence-corrected chi connectivity index (χ2v) is 2.97. The fourth-order valence-electron chi connectivity index (χ4n) is 0.889. The van der Waals surface area contributed by atoms with Crippen molar-refractivity contribution in [2.24, 2.45) is 0 Å². The summed E-state index contributed by atoms with van der Waals surface area (Å²) in [6.45, 7) is 6.62. The van der Waals surface area contributed by atoms with Gasteiger partial charge < -0.3 is 4.74 Å². The van der Waals surface area contributed by atoms with Crippen LogP contribution in [-0.4, -0.2) is 50.4 Å². The largest absolute Gasteiger partial charge is 0.347 e. The molecular weight excluding hydrogens is 140 g/mol. The lowest BCUT2D eigenvalue weighted by Crippen LogP contribution is -2.55. The Hall–Kier alpha value is -0.120. The Morgan fingerprint density at radius 3 is 1.64 bits per heavy atom.